The lowest BCUT2D eigenvalue weighted by molar-refractivity contribution is -0.143. The number of alkyl halides is 6. The average molecular weight is 362 g/mol. The van der Waals surface area contributed by atoms with Gasteiger partial charge in [0.25, 0.3) is 5.91 Å². The van der Waals surface area contributed by atoms with Gasteiger partial charge in [0, 0.05) is 16.9 Å². The van der Waals surface area contributed by atoms with Crippen LogP contribution in [0.2, 0.25) is 0 Å². The standard InChI is InChI=1S/C16H12F6N2O/c1-8-4-9(2-3-13(8)23)14(25)24-12-6-10(15(17,18)19)5-11(7-12)16(20,21)22/h2-7H,23H2,1H3,(H,24,25). The second-order valence-corrected chi connectivity index (χ2v) is 5.32. The van der Waals surface area contributed by atoms with E-state index in [0.717, 1.165) is 0 Å². The highest BCUT2D eigenvalue weighted by atomic mass is 19.4. The summed E-state index contributed by atoms with van der Waals surface area (Å²) in [6.45, 7) is 1.61. The zero-order chi connectivity index (χ0) is 19.0. The van der Waals surface area contributed by atoms with E-state index in [1.165, 1.54) is 18.2 Å². The maximum Gasteiger partial charge on any atom is 0.416 e. The first-order valence-electron chi connectivity index (χ1n) is 6.85. The fourth-order valence-electron chi connectivity index (χ4n) is 2.05. The third-order valence-electron chi connectivity index (χ3n) is 3.38. The van der Waals surface area contributed by atoms with E-state index in [0.29, 0.717) is 23.4 Å². The van der Waals surface area contributed by atoms with Crippen molar-refractivity contribution in [2.45, 2.75) is 19.3 Å². The van der Waals surface area contributed by atoms with E-state index < -0.39 is 35.1 Å². The Morgan fingerprint density at radius 1 is 0.920 bits per heavy atom. The summed E-state index contributed by atoms with van der Waals surface area (Å²) in [5.74, 6) is -0.851. The summed E-state index contributed by atoms with van der Waals surface area (Å²) >= 11 is 0. The largest absolute Gasteiger partial charge is 0.416 e. The molecule has 0 unspecified atom stereocenters. The molecule has 0 heterocycles. The number of carbonyl (C=O) groups is 1. The van der Waals surface area contributed by atoms with Crippen molar-refractivity contribution < 1.29 is 31.1 Å². The number of amides is 1. The van der Waals surface area contributed by atoms with E-state index in [9.17, 15) is 31.1 Å². The molecule has 9 heteroatoms. The molecule has 1 amide bonds. The zero-order valence-electron chi connectivity index (χ0n) is 12.7. The third kappa shape index (κ3) is 4.43. The highest BCUT2D eigenvalue weighted by Gasteiger charge is 2.37. The van der Waals surface area contributed by atoms with Gasteiger partial charge in [0.1, 0.15) is 0 Å². The summed E-state index contributed by atoms with van der Waals surface area (Å²) in [5, 5.41) is 2.05. The number of nitrogens with one attached hydrogen (secondary N) is 1. The Morgan fingerprint density at radius 2 is 1.44 bits per heavy atom. The molecule has 2 aromatic rings. The fraction of sp³-hybridized carbons (Fsp3) is 0.188. The fourth-order valence-corrected chi connectivity index (χ4v) is 2.05. The summed E-state index contributed by atoms with van der Waals surface area (Å²) in [6, 6.07) is 4.98. The van der Waals surface area contributed by atoms with Crippen LogP contribution in [0.4, 0.5) is 37.7 Å². The van der Waals surface area contributed by atoms with Crippen molar-refractivity contribution in [3.63, 3.8) is 0 Å². The smallest absolute Gasteiger partial charge is 0.399 e. The maximum atomic E-state index is 12.8. The molecule has 0 saturated carbocycles. The van der Waals surface area contributed by atoms with E-state index in [1.807, 2.05) is 0 Å². The van der Waals surface area contributed by atoms with Gasteiger partial charge in [-0.1, -0.05) is 0 Å². The van der Waals surface area contributed by atoms with Gasteiger partial charge in [-0.15, -0.1) is 0 Å². The Hall–Kier alpha value is -2.71. The van der Waals surface area contributed by atoms with E-state index in [1.54, 1.807) is 6.92 Å². The molecule has 2 rings (SSSR count). The van der Waals surface area contributed by atoms with Gasteiger partial charge in [-0.25, -0.2) is 0 Å². The normalized spacial score (nSPS) is 12.1. The molecule has 0 atom stereocenters. The molecule has 0 spiro atoms. The average Bonchev–Trinajstić information content (AvgIpc) is 2.48. The molecule has 0 bridgehead atoms. The molecule has 0 aromatic heterocycles. The molecule has 0 aliphatic carbocycles. The number of hydrogen-bond donors (Lipinski definition) is 2. The van der Waals surface area contributed by atoms with Gasteiger partial charge in [-0.2, -0.15) is 26.3 Å². The van der Waals surface area contributed by atoms with Crippen molar-refractivity contribution in [2.24, 2.45) is 0 Å². The molecule has 0 saturated heterocycles. The van der Waals surface area contributed by atoms with Crippen LogP contribution >= 0.6 is 0 Å². The van der Waals surface area contributed by atoms with Crippen molar-refractivity contribution in [2.75, 3.05) is 11.1 Å². The molecule has 2 aromatic carbocycles. The first kappa shape index (κ1) is 18.6. The van der Waals surface area contributed by atoms with Gasteiger partial charge in [-0.05, 0) is 48.9 Å². The number of aryl methyl sites for hydroxylation is 1. The Morgan fingerprint density at radius 3 is 1.88 bits per heavy atom. The first-order chi connectivity index (χ1) is 11.4. The van der Waals surface area contributed by atoms with Crippen molar-refractivity contribution >= 4 is 17.3 Å². The van der Waals surface area contributed by atoms with Crippen LogP contribution in [0.3, 0.4) is 0 Å². The number of hydrogen-bond acceptors (Lipinski definition) is 2. The molecular weight excluding hydrogens is 350 g/mol. The summed E-state index contributed by atoms with van der Waals surface area (Å²) in [4.78, 5) is 12.1. The monoisotopic (exact) mass is 362 g/mol. The lowest BCUT2D eigenvalue weighted by Gasteiger charge is -2.15. The first-order valence-corrected chi connectivity index (χ1v) is 6.85. The van der Waals surface area contributed by atoms with Crippen LogP contribution in [-0.2, 0) is 12.4 Å². The minimum atomic E-state index is -4.99. The van der Waals surface area contributed by atoms with Gasteiger partial charge in [0.15, 0.2) is 0 Å². The van der Waals surface area contributed by atoms with Gasteiger partial charge in [-0.3, -0.25) is 4.79 Å². The van der Waals surface area contributed by atoms with Crippen LogP contribution in [0.15, 0.2) is 36.4 Å². The van der Waals surface area contributed by atoms with Crippen molar-refractivity contribution in [1.82, 2.24) is 0 Å². The lowest BCUT2D eigenvalue weighted by Crippen LogP contribution is -2.16. The molecule has 0 fully saturated rings. The predicted octanol–water partition coefficient (Wildman–Crippen LogP) is 4.87. The molecule has 134 valence electrons. The number of benzene rings is 2. The quantitative estimate of drug-likeness (QED) is 0.592. The van der Waals surface area contributed by atoms with Crippen LogP contribution in [0.5, 0.6) is 0 Å². The predicted molar refractivity (Wildman–Crippen MR) is 80.0 cm³/mol. The van der Waals surface area contributed by atoms with Gasteiger partial charge >= 0.3 is 12.4 Å². The summed E-state index contributed by atoms with van der Waals surface area (Å²) < 4.78 is 76.8. The Kier molecular flexibility index (Phi) is 4.70. The number of halogens is 6. The number of anilines is 2. The van der Waals surface area contributed by atoms with Crippen LogP contribution < -0.4 is 11.1 Å². The SMILES string of the molecule is Cc1cc(C(=O)Nc2cc(C(F)(F)F)cc(C(F)(F)F)c2)ccc1N. The minimum absolute atomic E-state index is 0.0109. The molecule has 3 N–H and O–H groups in total. The lowest BCUT2D eigenvalue weighted by atomic mass is 10.1. The highest BCUT2D eigenvalue weighted by molar-refractivity contribution is 6.04. The molecule has 0 aliphatic heterocycles. The van der Waals surface area contributed by atoms with E-state index in [4.69, 9.17) is 5.73 Å². The van der Waals surface area contributed by atoms with Crippen molar-refractivity contribution in [1.29, 1.82) is 0 Å². The van der Waals surface area contributed by atoms with Crippen molar-refractivity contribution in [3.05, 3.63) is 58.7 Å². The summed E-state index contributed by atoms with van der Waals surface area (Å²) in [5.41, 5.74) is 2.97. The Bertz CT molecular complexity index is 779. The summed E-state index contributed by atoms with van der Waals surface area (Å²) in [6.07, 6.45) is -9.98. The third-order valence-corrected chi connectivity index (χ3v) is 3.38. The maximum absolute atomic E-state index is 12.8. The molecule has 0 radical (unpaired) electrons. The van der Waals surface area contributed by atoms with E-state index >= 15 is 0 Å². The second kappa shape index (κ2) is 6.30. The minimum Gasteiger partial charge on any atom is -0.399 e. The Balaban J connectivity index is 2.41. The van der Waals surface area contributed by atoms with Crippen LogP contribution in [0.25, 0.3) is 0 Å². The van der Waals surface area contributed by atoms with Crippen LogP contribution in [0.1, 0.15) is 27.0 Å². The molecule has 25 heavy (non-hydrogen) atoms. The Labute approximate surface area is 138 Å². The van der Waals surface area contributed by atoms with Crippen molar-refractivity contribution in [3.8, 4) is 0 Å². The number of carbonyl (C=O) groups excluding carboxylic acids is 1. The molecular formula is C16H12F6N2O. The van der Waals surface area contributed by atoms with Gasteiger partial charge < -0.3 is 11.1 Å². The van der Waals surface area contributed by atoms with E-state index in [-0.39, 0.29) is 11.6 Å². The van der Waals surface area contributed by atoms with E-state index in [2.05, 4.69) is 5.32 Å². The number of nitrogens with two attached hydrogens (primary N) is 1. The van der Waals surface area contributed by atoms with Gasteiger partial charge in [0.05, 0.1) is 11.1 Å². The topological polar surface area (TPSA) is 55.1 Å². The number of nitrogen functional groups attached to an aromatic ring is 1. The zero-order valence-corrected chi connectivity index (χ0v) is 12.7. The summed E-state index contributed by atoms with van der Waals surface area (Å²) in [7, 11) is 0. The van der Waals surface area contributed by atoms with Crippen LogP contribution in [-0.4, -0.2) is 5.91 Å². The molecule has 3 nitrogen and oxygen atoms in total. The van der Waals surface area contributed by atoms with Gasteiger partial charge in [0.2, 0.25) is 0 Å². The highest BCUT2D eigenvalue weighted by Crippen LogP contribution is 2.37. The number of rotatable bonds is 2. The van der Waals surface area contributed by atoms with Crippen LogP contribution in [0, 0.1) is 6.92 Å². The second-order valence-electron chi connectivity index (χ2n) is 5.32. The molecule has 0 aliphatic rings.